The summed E-state index contributed by atoms with van der Waals surface area (Å²) in [7, 11) is -7.78. The molecule has 130 valence electrons. The maximum atomic E-state index is 13.3. The van der Waals surface area contributed by atoms with Gasteiger partial charge in [-0.3, -0.25) is 0 Å². The second kappa shape index (κ2) is 6.34. The van der Waals surface area contributed by atoms with E-state index in [1.807, 2.05) is 33.8 Å². The van der Waals surface area contributed by atoms with Gasteiger partial charge in [-0.1, -0.05) is 26.8 Å². The molecule has 0 saturated carbocycles. The van der Waals surface area contributed by atoms with Gasteiger partial charge in [0.15, 0.2) is 9.58 Å². The lowest BCUT2D eigenvalue weighted by Crippen LogP contribution is -2.12. The molecule has 1 unspecified atom stereocenters. The number of thiophene rings is 1. The van der Waals surface area contributed by atoms with Crippen molar-refractivity contribution < 1.29 is 30.4 Å². The van der Waals surface area contributed by atoms with Crippen LogP contribution >= 0.6 is 10.5 Å². The maximum absolute atomic E-state index is 13.3. The van der Waals surface area contributed by atoms with E-state index in [1.165, 1.54) is 0 Å². The Bertz CT molecular complexity index is 671. The highest BCUT2D eigenvalue weighted by Crippen LogP contribution is 2.54. The van der Waals surface area contributed by atoms with Crippen LogP contribution in [0, 0.1) is 6.92 Å². The molecule has 2 rings (SSSR count). The fourth-order valence-corrected chi connectivity index (χ4v) is 4.29. The molecule has 0 aliphatic rings. The highest BCUT2D eigenvalue weighted by Gasteiger charge is 2.50. The van der Waals surface area contributed by atoms with E-state index >= 15 is 0 Å². The third kappa shape index (κ3) is 5.71. The summed E-state index contributed by atoms with van der Waals surface area (Å²) in [5, 5.41) is 0.714. The standard InChI is InChI=1S/C14H16F3S.BF4/c1-9-5-6-10-8-12(13(2,3)4)18(11(10)7-9)14(15,16)17;2-1(3,4)5/h5-8H,1-4H3;/q+1;-1. The number of halogens is 7. The smallest absolute Gasteiger partial charge is 0.418 e. The predicted molar refractivity (Wildman–Crippen MR) is 81.3 cm³/mol. The molecule has 2 aromatic rings. The lowest BCUT2D eigenvalue weighted by molar-refractivity contribution is -0.0869. The third-order valence-corrected chi connectivity index (χ3v) is 5.29. The van der Waals surface area contributed by atoms with Gasteiger partial charge in [0, 0.05) is 22.9 Å². The van der Waals surface area contributed by atoms with Crippen molar-refractivity contribution >= 4 is 27.8 Å². The van der Waals surface area contributed by atoms with Crippen molar-refractivity contribution in [1.29, 1.82) is 0 Å². The molecule has 0 aliphatic carbocycles. The van der Waals surface area contributed by atoms with Crippen molar-refractivity contribution in [3.8, 4) is 0 Å². The minimum absolute atomic E-state index is 0.424. The number of hydrogen-bond acceptors (Lipinski definition) is 0. The average molecular weight is 360 g/mol. The lowest BCUT2D eigenvalue weighted by Gasteiger charge is -2.13. The van der Waals surface area contributed by atoms with Gasteiger partial charge >= 0.3 is 12.8 Å². The number of alkyl halides is 3. The SMILES string of the molecule is Cc1ccc2cc(C(C)(C)C)[s+](C(F)(F)F)c2c1.F[B-](F)(F)F. The molecule has 1 atom stereocenters. The molecule has 0 amide bonds. The fourth-order valence-electron chi connectivity index (χ4n) is 2.03. The van der Waals surface area contributed by atoms with Crippen LogP contribution in [0.1, 0.15) is 31.2 Å². The molecule has 0 nitrogen and oxygen atoms in total. The summed E-state index contributed by atoms with van der Waals surface area (Å²) in [6, 6.07) is 7.03. The first-order chi connectivity index (χ1) is 10.1. The second-order valence-corrected chi connectivity index (χ2v) is 8.00. The van der Waals surface area contributed by atoms with Crippen LogP contribution < -0.4 is 0 Å². The van der Waals surface area contributed by atoms with E-state index in [-0.39, 0.29) is 0 Å². The van der Waals surface area contributed by atoms with Crippen LogP contribution in [0.4, 0.5) is 30.4 Å². The van der Waals surface area contributed by atoms with E-state index in [9.17, 15) is 30.4 Å². The van der Waals surface area contributed by atoms with E-state index in [2.05, 4.69) is 0 Å². The van der Waals surface area contributed by atoms with Gasteiger partial charge in [0.25, 0.3) is 0 Å². The van der Waals surface area contributed by atoms with Crippen molar-refractivity contribution in [2.75, 3.05) is 0 Å². The highest BCUT2D eigenvalue weighted by molar-refractivity contribution is 7.38. The van der Waals surface area contributed by atoms with Gasteiger partial charge < -0.3 is 17.3 Å². The summed E-state index contributed by atoms with van der Waals surface area (Å²) in [6.45, 7) is 7.34. The largest absolute Gasteiger partial charge is 0.673 e. The molecule has 1 aromatic heterocycles. The van der Waals surface area contributed by atoms with Crippen LogP contribution in [-0.2, 0) is 10.9 Å². The van der Waals surface area contributed by atoms with Gasteiger partial charge in [0.2, 0.25) is 0 Å². The molecule has 0 spiro atoms. The van der Waals surface area contributed by atoms with Crippen LogP contribution in [0.25, 0.3) is 10.1 Å². The van der Waals surface area contributed by atoms with Gasteiger partial charge in [-0.25, -0.2) is 0 Å². The molecule has 0 radical (unpaired) electrons. The molecule has 0 N–H and O–H groups in total. The minimum Gasteiger partial charge on any atom is -0.418 e. The lowest BCUT2D eigenvalue weighted by atomic mass is 9.94. The Morgan fingerprint density at radius 3 is 1.78 bits per heavy atom. The van der Waals surface area contributed by atoms with Crippen LogP contribution in [0.2, 0.25) is 0 Å². The third-order valence-electron chi connectivity index (χ3n) is 2.87. The van der Waals surface area contributed by atoms with Crippen molar-refractivity contribution in [2.45, 2.75) is 38.6 Å². The zero-order valence-corrected chi connectivity index (χ0v) is 13.8. The van der Waals surface area contributed by atoms with E-state index in [4.69, 9.17) is 0 Å². The van der Waals surface area contributed by atoms with E-state index < -0.39 is 28.6 Å². The highest BCUT2D eigenvalue weighted by atomic mass is 32.2. The Balaban J connectivity index is 0.000000463. The van der Waals surface area contributed by atoms with Gasteiger partial charge in [-0.15, -0.1) is 13.2 Å². The normalized spacial score (nSPS) is 13.8. The maximum Gasteiger partial charge on any atom is 0.673 e. The van der Waals surface area contributed by atoms with E-state index in [0.29, 0.717) is 15.0 Å². The molecule has 0 bridgehead atoms. The summed E-state index contributed by atoms with van der Waals surface area (Å²) in [5.41, 5.74) is -3.79. The molecule has 0 aliphatic heterocycles. The Morgan fingerprint density at radius 1 is 0.913 bits per heavy atom. The minimum atomic E-state index is -6.00. The van der Waals surface area contributed by atoms with Crippen LogP contribution in [-0.4, -0.2) is 7.25 Å². The summed E-state index contributed by atoms with van der Waals surface area (Å²) < 4.78 is 79.4. The molecule has 0 fully saturated rings. The molecular weight excluding hydrogens is 344 g/mol. The molecule has 1 aromatic carbocycles. The van der Waals surface area contributed by atoms with Crippen molar-refractivity contribution in [3.05, 3.63) is 34.7 Å². The summed E-state index contributed by atoms with van der Waals surface area (Å²) >= 11 is 0. The number of hydrogen-bond donors (Lipinski definition) is 0. The van der Waals surface area contributed by atoms with Crippen molar-refractivity contribution in [2.24, 2.45) is 0 Å². The first-order valence-corrected chi connectivity index (χ1v) is 7.84. The molecule has 23 heavy (non-hydrogen) atoms. The molecule has 9 heteroatoms. The summed E-state index contributed by atoms with van der Waals surface area (Å²) in [4.78, 5) is 0.482. The van der Waals surface area contributed by atoms with Crippen molar-refractivity contribution in [3.63, 3.8) is 0 Å². The Hall–Kier alpha value is -1.25. The van der Waals surface area contributed by atoms with Gasteiger partial charge in [-0.2, -0.15) is 0 Å². The zero-order chi connectivity index (χ0) is 18.2. The fraction of sp³-hybridized carbons (Fsp3) is 0.429. The Kier molecular flexibility index (Phi) is 5.45. The number of rotatable bonds is 0. The second-order valence-electron chi connectivity index (χ2n) is 6.05. The Labute approximate surface area is 132 Å². The summed E-state index contributed by atoms with van der Waals surface area (Å²) in [6.07, 6.45) is 0. The van der Waals surface area contributed by atoms with Crippen LogP contribution in [0.15, 0.2) is 24.3 Å². The first-order valence-electron chi connectivity index (χ1n) is 6.62. The number of fused-ring (bicyclic) bond motifs is 1. The monoisotopic (exact) mass is 360 g/mol. The Morgan fingerprint density at radius 2 is 1.39 bits per heavy atom. The number of aryl methyl sites for hydroxylation is 1. The summed E-state index contributed by atoms with van der Waals surface area (Å²) in [5.74, 6) is 0. The predicted octanol–water partition coefficient (Wildman–Crippen LogP) is 6.97. The quantitative estimate of drug-likeness (QED) is 0.270. The molecular formula is C14H16BF7S. The topological polar surface area (TPSA) is 0 Å². The first kappa shape index (κ1) is 19.8. The van der Waals surface area contributed by atoms with E-state index in [0.717, 1.165) is 5.56 Å². The zero-order valence-electron chi connectivity index (χ0n) is 12.9. The van der Waals surface area contributed by atoms with Crippen LogP contribution in [0.5, 0.6) is 0 Å². The molecule has 1 heterocycles. The van der Waals surface area contributed by atoms with Gasteiger partial charge in [0.05, 0.1) is 10.5 Å². The average Bonchev–Trinajstić information content (AvgIpc) is 2.63. The van der Waals surface area contributed by atoms with Crippen LogP contribution in [0.3, 0.4) is 0 Å². The number of benzene rings is 1. The van der Waals surface area contributed by atoms with Gasteiger partial charge in [-0.05, 0) is 18.6 Å². The molecule has 0 saturated heterocycles. The van der Waals surface area contributed by atoms with Gasteiger partial charge in [0.1, 0.15) is 0 Å². The van der Waals surface area contributed by atoms with Crippen molar-refractivity contribution in [1.82, 2.24) is 0 Å². The van der Waals surface area contributed by atoms with E-state index in [1.54, 1.807) is 18.2 Å².